The van der Waals surface area contributed by atoms with E-state index < -0.39 is 0 Å². The van der Waals surface area contributed by atoms with E-state index in [-0.39, 0.29) is 5.91 Å². The van der Waals surface area contributed by atoms with E-state index >= 15 is 0 Å². The number of aryl methyl sites for hydroxylation is 2. The van der Waals surface area contributed by atoms with E-state index in [1.807, 2.05) is 61.0 Å². The Bertz CT molecular complexity index is 1210. The summed E-state index contributed by atoms with van der Waals surface area (Å²) < 4.78 is 7.11. The molecule has 0 unspecified atom stereocenters. The van der Waals surface area contributed by atoms with Crippen LogP contribution in [-0.2, 0) is 6.54 Å². The molecule has 3 aromatic heterocycles. The molecule has 0 fully saturated rings. The number of rotatable bonds is 5. The van der Waals surface area contributed by atoms with Gasteiger partial charge in [-0.05, 0) is 37.1 Å². The van der Waals surface area contributed by atoms with Crippen molar-refractivity contribution in [2.24, 2.45) is 0 Å². The Morgan fingerprint density at radius 2 is 1.87 bits per heavy atom. The highest BCUT2D eigenvalue weighted by Crippen LogP contribution is 2.31. The van der Waals surface area contributed by atoms with Crippen LogP contribution in [0.5, 0.6) is 5.88 Å². The zero-order valence-electron chi connectivity index (χ0n) is 16.9. The van der Waals surface area contributed by atoms with Crippen molar-refractivity contribution in [2.45, 2.75) is 20.4 Å². The number of amides is 1. The van der Waals surface area contributed by atoms with Gasteiger partial charge in [0.05, 0.1) is 24.2 Å². The number of carbonyl (C=O) groups is 1. The summed E-state index contributed by atoms with van der Waals surface area (Å²) in [5.74, 6) is 0.280. The van der Waals surface area contributed by atoms with Crippen molar-refractivity contribution in [3.8, 4) is 5.88 Å². The Labute approximate surface area is 179 Å². The topological polar surface area (TPSA) is 69.0 Å². The number of ether oxygens (including phenoxy) is 1. The maximum Gasteiger partial charge on any atom is 0.258 e. The fraction of sp³-hybridized carbons (Fsp3) is 0.174. The quantitative estimate of drug-likeness (QED) is 0.492. The van der Waals surface area contributed by atoms with Crippen LogP contribution in [0.2, 0.25) is 5.02 Å². The van der Waals surface area contributed by atoms with Crippen molar-refractivity contribution in [2.75, 3.05) is 12.4 Å². The second-order valence-electron chi connectivity index (χ2n) is 7.15. The number of pyridine rings is 2. The van der Waals surface area contributed by atoms with Crippen molar-refractivity contribution in [3.05, 3.63) is 82.3 Å². The SMILES string of the molecule is COc1ccc(Cn2cc(C)c3c(Cl)c(C(=O)Nc4ccc(C)cc4)cnc32)cn1. The summed E-state index contributed by atoms with van der Waals surface area (Å²) in [6.45, 7) is 4.54. The van der Waals surface area contributed by atoms with Crippen molar-refractivity contribution in [1.29, 1.82) is 0 Å². The van der Waals surface area contributed by atoms with Crippen LogP contribution in [0.25, 0.3) is 11.0 Å². The molecule has 3 heterocycles. The molecule has 30 heavy (non-hydrogen) atoms. The maximum atomic E-state index is 12.8. The molecule has 0 aliphatic rings. The molecule has 0 saturated carbocycles. The summed E-state index contributed by atoms with van der Waals surface area (Å²) in [6.07, 6.45) is 5.27. The molecule has 1 aromatic carbocycles. The van der Waals surface area contributed by atoms with Crippen molar-refractivity contribution >= 4 is 34.2 Å². The van der Waals surface area contributed by atoms with Gasteiger partial charge in [0.15, 0.2) is 0 Å². The highest BCUT2D eigenvalue weighted by molar-refractivity contribution is 6.39. The van der Waals surface area contributed by atoms with E-state index in [0.29, 0.717) is 28.7 Å². The molecule has 0 saturated heterocycles. The number of hydrogen-bond acceptors (Lipinski definition) is 4. The Morgan fingerprint density at radius 1 is 1.10 bits per heavy atom. The molecule has 0 bridgehead atoms. The zero-order valence-corrected chi connectivity index (χ0v) is 17.7. The average Bonchev–Trinajstić information content (AvgIpc) is 3.06. The molecule has 152 valence electrons. The first-order chi connectivity index (χ1) is 14.5. The van der Waals surface area contributed by atoms with Crippen molar-refractivity contribution in [1.82, 2.24) is 14.5 Å². The number of hydrogen-bond donors (Lipinski definition) is 1. The summed E-state index contributed by atoms with van der Waals surface area (Å²) >= 11 is 6.65. The summed E-state index contributed by atoms with van der Waals surface area (Å²) in [7, 11) is 1.59. The second-order valence-corrected chi connectivity index (χ2v) is 7.53. The van der Waals surface area contributed by atoms with Crippen molar-refractivity contribution in [3.63, 3.8) is 0 Å². The number of fused-ring (bicyclic) bond motifs is 1. The van der Waals surface area contributed by atoms with Crippen LogP contribution in [0.1, 0.15) is 27.0 Å². The summed E-state index contributed by atoms with van der Waals surface area (Å²) in [5, 5.41) is 4.05. The fourth-order valence-corrected chi connectivity index (χ4v) is 3.71. The van der Waals surface area contributed by atoms with E-state index in [4.69, 9.17) is 16.3 Å². The van der Waals surface area contributed by atoms with Gasteiger partial charge in [-0.2, -0.15) is 0 Å². The summed E-state index contributed by atoms with van der Waals surface area (Å²) in [4.78, 5) is 21.6. The normalized spacial score (nSPS) is 10.9. The van der Waals surface area contributed by atoms with Crippen LogP contribution in [-0.4, -0.2) is 27.6 Å². The first kappa shape index (κ1) is 19.9. The van der Waals surface area contributed by atoms with Gasteiger partial charge >= 0.3 is 0 Å². The predicted molar refractivity (Wildman–Crippen MR) is 119 cm³/mol. The highest BCUT2D eigenvalue weighted by Gasteiger charge is 2.18. The molecule has 7 heteroatoms. The Morgan fingerprint density at radius 3 is 2.53 bits per heavy atom. The molecule has 4 aromatic rings. The lowest BCUT2D eigenvalue weighted by molar-refractivity contribution is 0.102. The van der Waals surface area contributed by atoms with Crippen LogP contribution in [0, 0.1) is 13.8 Å². The smallest absolute Gasteiger partial charge is 0.258 e. The molecule has 0 aliphatic heterocycles. The third-order valence-corrected chi connectivity index (χ3v) is 5.32. The molecule has 1 amide bonds. The van der Waals surface area contributed by atoms with Crippen LogP contribution in [0.3, 0.4) is 0 Å². The lowest BCUT2D eigenvalue weighted by atomic mass is 10.1. The van der Waals surface area contributed by atoms with Crippen molar-refractivity contribution < 1.29 is 9.53 Å². The van der Waals surface area contributed by atoms with Gasteiger partial charge in [0.2, 0.25) is 5.88 Å². The van der Waals surface area contributed by atoms with Gasteiger partial charge in [0.25, 0.3) is 5.91 Å². The third kappa shape index (κ3) is 3.86. The number of methoxy groups -OCH3 is 1. The van der Waals surface area contributed by atoms with Gasteiger partial charge in [-0.1, -0.05) is 35.4 Å². The molecule has 0 aliphatic carbocycles. The van der Waals surface area contributed by atoms with Crippen LogP contribution in [0.4, 0.5) is 5.69 Å². The number of carbonyl (C=O) groups excluding carboxylic acids is 1. The number of nitrogens with zero attached hydrogens (tertiary/aromatic N) is 3. The van der Waals surface area contributed by atoms with Gasteiger partial charge in [-0.3, -0.25) is 4.79 Å². The van der Waals surface area contributed by atoms with Gasteiger partial charge in [-0.15, -0.1) is 0 Å². The van der Waals surface area contributed by atoms with Gasteiger partial charge in [0, 0.05) is 35.7 Å². The zero-order chi connectivity index (χ0) is 21.3. The Balaban J connectivity index is 1.64. The average molecular weight is 421 g/mol. The number of anilines is 1. The molecule has 6 nitrogen and oxygen atoms in total. The monoisotopic (exact) mass is 420 g/mol. The molecule has 1 N–H and O–H groups in total. The number of nitrogens with one attached hydrogen (secondary N) is 1. The maximum absolute atomic E-state index is 12.8. The van der Waals surface area contributed by atoms with E-state index in [1.165, 1.54) is 6.20 Å². The number of aromatic nitrogens is 3. The van der Waals surface area contributed by atoms with Gasteiger partial charge in [0.1, 0.15) is 5.65 Å². The number of halogens is 1. The molecular formula is C23H21ClN4O2. The summed E-state index contributed by atoms with van der Waals surface area (Å²) in [6, 6.07) is 11.4. The minimum absolute atomic E-state index is 0.287. The van der Waals surface area contributed by atoms with Gasteiger partial charge in [-0.25, -0.2) is 9.97 Å². The minimum atomic E-state index is -0.287. The van der Waals surface area contributed by atoms with E-state index in [0.717, 1.165) is 27.7 Å². The van der Waals surface area contributed by atoms with E-state index in [9.17, 15) is 4.79 Å². The van der Waals surface area contributed by atoms with Gasteiger partial charge < -0.3 is 14.6 Å². The highest BCUT2D eigenvalue weighted by atomic mass is 35.5. The van der Waals surface area contributed by atoms with Crippen LogP contribution in [0.15, 0.2) is 55.0 Å². The first-order valence-corrected chi connectivity index (χ1v) is 9.85. The Kier molecular flexibility index (Phi) is 5.42. The fourth-order valence-electron chi connectivity index (χ4n) is 3.34. The first-order valence-electron chi connectivity index (χ1n) is 9.47. The van der Waals surface area contributed by atoms with Crippen LogP contribution < -0.4 is 10.1 Å². The van der Waals surface area contributed by atoms with E-state index in [1.54, 1.807) is 13.3 Å². The largest absolute Gasteiger partial charge is 0.481 e. The minimum Gasteiger partial charge on any atom is -0.481 e. The number of benzene rings is 1. The predicted octanol–water partition coefficient (Wildman–Crippen LogP) is 5.01. The standard InChI is InChI=1S/C23H21ClN4O2/c1-14-4-7-17(8-5-14)27-23(29)18-11-26-22-20(21(18)24)15(2)12-28(22)13-16-6-9-19(30-3)25-10-16/h4-12H,13H2,1-3H3,(H,27,29). The third-order valence-electron chi connectivity index (χ3n) is 4.93. The lowest BCUT2D eigenvalue weighted by Gasteiger charge is -2.09. The summed E-state index contributed by atoms with van der Waals surface area (Å²) in [5.41, 5.74) is 4.86. The molecule has 0 spiro atoms. The Hall–Kier alpha value is -3.38. The second kappa shape index (κ2) is 8.16. The lowest BCUT2D eigenvalue weighted by Crippen LogP contribution is -2.13. The molecular weight excluding hydrogens is 400 g/mol. The van der Waals surface area contributed by atoms with Crippen LogP contribution >= 0.6 is 11.6 Å². The molecule has 0 atom stereocenters. The molecule has 0 radical (unpaired) electrons. The molecule has 4 rings (SSSR count). The van der Waals surface area contributed by atoms with E-state index in [2.05, 4.69) is 15.3 Å².